The summed E-state index contributed by atoms with van der Waals surface area (Å²) in [5.41, 5.74) is 1.86. The third-order valence-corrected chi connectivity index (χ3v) is 3.00. The number of nitrogens with zero attached hydrogens (tertiary/aromatic N) is 3. The number of rotatable bonds is 2. The molecule has 5 nitrogen and oxygen atoms in total. The normalized spacial score (nSPS) is 11.1. The summed E-state index contributed by atoms with van der Waals surface area (Å²) in [5, 5.41) is 4.43. The Hall–Kier alpha value is -1.66. The highest BCUT2D eigenvalue weighted by Gasteiger charge is 2.07. The summed E-state index contributed by atoms with van der Waals surface area (Å²) in [6.07, 6.45) is 1.30. The van der Waals surface area contributed by atoms with Crippen LogP contribution in [0.15, 0.2) is 29.1 Å². The Morgan fingerprint density at radius 1 is 1.47 bits per heavy atom. The maximum atomic E-state index is 5.92. The lowest BCUT2D eigenvalue weighted by Crippen LogP contribution is -2.01. The van der Waals surface area contributed by atoms with Crippen LogP contribution in [0, 0.1) is 4.77 Å². The number of hydrogen-bond acceptors (Lipinski definition) is 4. The van der Waals surface area contributed by atoms with Crippen molar-refractivity contribution in [3.05, 3.63) is 40.2 Å². The van der Waals surface area contributed by atoms with Crippen molar-refractivity contribution in [2.75, 3.05) is 0 Å². The standard InChI is InChI=1S/C10H7ClN4OS/c11-6-1-2-8-7(3-6)13-10(17)15(8)4-9-12-5-16-14-9/h1-3,5H,4H2,(H,13,17). The molecule has 0 unspecified atom stereocenters. The SMILES string of the molecule is S=c1[nH]c2cc(Cl)ccc2n1Cc1ncon1. The molecule has 17 heavy (non-hydrogen) atoms. The monoisotopic (exact) mass is 266 g/mol. The van der Waals surface area contributed by atoms with E-state index in [1.54, 1.807) is 0 Å². The highest BCUT2D eigenvalue weighted by molar-refractivity contribution is 7.71. The van der Waals surface area contributed by atoms with Crippen LogP contribution in [0.3, 0.4) is 0 Å². The Kier molecular flexibility index (Phi) is 2.45. The molecule has 2 heterocycles. The predicted octanol–water partition coefficient (Wildman–Crippen LogP) is 2.78. The number of nitrogens with one attached hydrogen (secondary N) is 1. The summed E-state index contributed by atoms with van der Waals surface area (Å²) in [5.74, 6) is 0.581. The molecule has 0 aliphatic heterocycles. The van der Waals surface area contributed by atoms with Crippen molar-refractivity contribution in [2.24, 2.45) is 0 Å². The van der Waals surface area contributed by atoms with Gasteiger partial charge in [0.25, 0.3) is 0 Å². The molecule has 0 fully saturated rings. The minimum absolute atomic E-state index is 0.469. The van der Waals surface area contributed by atoms with E-state index >= 15 is 0 Å². The van der Waals surface area contributed by atoms with Crippen LogP contribution in [0.25, 0.3) is 11.0 Å². The van der Waals surface area contributed by atoms with Crippen LogP contribution in [0.5, 0.6) is 0 Å². The van der Waals surface area contributed by atoms with Crippen molar-refractivity contribution in [3.63, 3.8) is 0 Å². The van der Waals surface area contributed by atoms with Crippen LogP contribution in [0.2, 0.25) is 5.02 Å². The first-order chi connectivity index (χ1) is 8.24. The number of benzene rings is 1. The summed E-state index contributed by atoms with van der Waals surface area (Å²) in [4.78, 5) is 7.06. The first kappa shape index (κ1) is 10.5. The lowest BCUT2D eigenvalue weighted by atomic mass is 10.3. The largest absolute Gasteiger partial charge is 0.343 e. The van der Waals surface area contributed by atoms with E-state index in [1.165, 1.54) is 6.39 Å². The van der Waals surface area contributed by atoms with Crippen molar-refractivity contribution in [1.82, 2.24) is 19.7 Å². The molecule has 2 aromatic heterocycles. The summed E-state index contributed by atoms with van der Waals surface area (Å²) >= 11 is 11.2. The van der Waals surface area contributed by atoms with Gasteiger partial charge in [0, 0.05) is 5.02 Å². The van der Waals surface area contributed by atoms with E-state index in [2.05, 4.69) is 15.1 Å². The van der Waals surface area contributed by atoms with Gasteiger partial charge in [-0.3, -0.25) is 0 Å². The summed E-state index contributed by atoms with van der Waals surface area (Å²) in [7, 11) is 0. The zero-order chi connectivity index (χ0) is 11.8. The molecule has 0 aliphatic rings. The van der Waals surface area contributed by atoms with Crippen molar-refractivity contribution < 1.29 is 4.52 Å². The fraction of sp³-hybridized carbons (Fsp3) is 0.100. The van der Waals surface area contributed by atoms with Gasteiger partial charge in [-0.2, -0.15) is 4.98 Å². The van der Waals surface area contributed by atoms with Gasteiger partial charge in [-0.05, 0) is 30.4 Å². The van der Waals surface area contributed by atoms with Gasteiger partial charge >= 0.3 is 0 Å². The average molecular weight is 267 g/mol. The van der Waals surface area contributed by atoms with E-state index in [0.29, 0.717) is 22.2 Å². The van der Waals surface area contributed by atoms with E-state index < -0.39 is 0 Å². The molecular formula is C10H7ClN4OS. The van der Waals surface area contributed by atoms with E-state index in [-0.39, 0.29) is 0 Å². The van der Waals surface area contributed by atoms with Crippen LogP contribution < -0.4 is 0 Å². The molecule has 0 saturated carbocycles. The molecule has 1 N–H and O–H groups in total. The van der Waals surface area contributed by atoms with Gasteiger partial charge in [0.15, 0.2) is 10.6 Å². The maximum Gasteiger partial charge on any atom is 0.213 e. The summed E-state index contributed by atoms with van der Waals surface area (Å²) in [6, 6.07) is 5.56. The van der Waals surface area contributed by atoms with Crippen LogP contribution >= 0.6 is 23.8 Å². The zero-order valence-electron chi connectivity index (χ0n) is 8.55. The number of halogens is 1. The number of fused-ring (bicyclic) bond motifs is 1. The number of aromatic amines is 1. The van der Waals surface area contributed by atoms with E-state index in [9.17, 15) is 0 Å². The highest BCUT2D eigenvalue weighted by atomic mass is 35.5. The molecule has 0 amide bonds. The minimum Gasteiger partial charge on any atom is -0.343 e. The van der Waals surface area contributed by atoms with Gasteiger partial charge in [-0.25, -0.2) is 0 Å². The first-order valence-corrected chi connectivity index (χ1v) is 5.66. The van der Waals surface area contributed by atoms with E-state index in [1.807, 2.05) is 22.8 Å². The van der Waals surface area contributed by atoms with Gasteiger partial charge in [0.05, 0.1) is 17.6 Å². The lowest BCUT2D eigenvalue weighted by Gasteiger charge is -2.00. The molecule has 0 saturated heterocycles. The molecule has 7 heteroatoms. The second-order valence-electron chi connectivity index (χ2n) is 3.53. The van der Waals surface area contributed by atoms with Crippen molar-refractivity contribution in [3.8, 4) is 0 Å². The molecule has 3 aromatic rings. The predicted molar refractivity (Wildman–Crippen MR) is 65.5 cm³/mol. The average Bonchev–Trinajstić information content (AvgIpc) is 2.88. The molecular weight excluding hydrogens is 260 g/mol. The van der Waals surface area contributed by atoms with E-state index in [0.717, 1.165) is 11.0 Å². The smallest absolute Gasteiger partial charge is 0.213 e. The Morgan fingerprint density at radius 2 is 2.35 bits per heavy atom. The molecule has 1 aromatic carbocycles. The Morgan fingerprint density at radius 3 is 3.12 bits per heavy atom. The van der Waals surface area contributed by atoms with Gasteiger partial charge in [0.1, 0.15) is 0 Å². The topological polar surface area (TPSA) is 59.6 Å². The van der Waals surface area contributed by atoms with E-state index in [4.69, 9.17) is 28.3 Å². The first-order valence-electron chi connectivity index (χ1n) is 4.87. The molecule has 0 bridgehead atoms. The fourth-order valence-electron chi connectivity index (χ4n) is 1.70. The molecule has 0 aliphatic carbocycles. The summed E-state index contributed by atoms with van der Waals surface area (Å²) in [6.45, 7) is 0.469. The molecule has 0 spiro atoms. The Balaban J connectivity index is 2.16. The summed E-state index contributed by atoms with van der Waals surface area (Å²) < 4.78 is 7.19. The molecule has 86 valence electrons. The third kappa shape index (κ3) is 1.85. The fourth-order valence-corrected chi connectivity index (χ4v) is 2.14. The van der Waals surface area contributed by atoms with Gasteiger partial charge in [0.2, 0.25) is 6.39 Å². The molecule has 0 atom stereocenters. The number of H-pyrrole nitrogens is 1. The zero-order valence-corrected chi connectivity index (χ0v) is 10.1. The molecule has 3 rings (SSSR count). The van der Waals surface area contributed by atoms with Gasteiger partial charge in [-0.15, -0.1) is 0 Å². The van der Waals surface area contributed by atoms with Crippen molar-refractivity contribution in [2.45, 2.75) is 6.54 Å². The third-order valence-electron chi connectivity index (χ3n) is 2.44. The minimum atomic E-state index is 0.469. The lowest BCUT2D eigenvalue weighted by molar-refractivity contribution is 0.408. The quantitative estimate of drug-likeness (QED) is 0.725. The second kappa shape index (κ2) is 3.97. The maximum absolute atomic E-state index is 5.92. The second-order valence-corrected chi connectivity index (χ2v) is 4.35. The highest BCUT2D eigenvalue weighted by Crippen LogP contribution is 2.19. The van der Waals surface area contributed by atoms with Gasteiger partial charge in [-0.1, -0.05) is 16.8 Å². The number of imidazole rings is 1. The number of hydrogen-bond donors (Lipinski definition) is 1. The van der Waals surface area contributed by atoms with Crippen LogP contribution in [0.1, 0.15) is 5.82 Å². The number of aromatic nitrogens is 4. The van der Waals surface area contributed by atoms with Crippen LogP contribution in [-0.4, -0.2) is 19.7 Å². The van der Waals surface area contributed by atoms with Crippen LogP contribution in [0.4, 0.5) is 0 Å². The Labute approximate surface area is 106 Å². The Bertz CT molecular complexity index is 716. The van der Waals surface area contributed by atoms with Crippen molar-refractivity contribution >= 4 is 34.9 Å². The van der Waals surface area contributed by atoms with Gasteiger partial charge < -0.3 is 14.1 Å². The molecule has 0 radical (unpaired) electrons. The van der Waals surface area contributed by atoms with Crippen molar-refractivity contribution in [1.29, 1.82) is 0 Å². The van der Waals surface area contributed by atoms with Crippen LogP contribution in [-0.2, 0) is 6.54 Å².